The van der Waals surface area contributed by atoms with Gasteiger partial charge in [-0.1, -0.05) is 29.8 Å². The van der Waals surface area contributed by atoms with E-state index in [4.69, 9.17) is 0 Å². The Morgan fingerprint density at radius 3 is 1.53 bits per heavy atom. The second-order valence-electron chi connectivity index (χ2n) is 4.76. The van der Waals surface area contributed by atoms with Gasteiger partial charge in [0.2, 0.25) is 0 Å². The molecule has 108 valence electrons. The first-order chi connectivity index (χ1) is 8.94. The standard InChI is InChI=1S/C8H20N.C8H8O2/c1-5-9(6-2,7-3)8-4;1-6-2-4-7(5-3-6)8(9)10/h5-8H2,1-4H3;2-5H,1H3,(H,9,10)/q+1;/p-1. The summed E-state index contributed by atoms with van der Waals surface area (Å²) in [5, 5.41) is 10.2. The molecule has 0 unspecified atom stereocenters. The summed E-state index contributed by atoms with van der Waals surface area (Å²) >= 11 is 0. The molecule has 0 amide bonds. The van der Waals surface area contributed by atoms with E-state index >= 15 is 0 Å². The topological polar surface area (TPSA) is 40.1 Å². The molecule has 0 bridgehead atoms. The summed E-state index contributed by atoms with van der Waals surface area (Å²) in [7, 11) is 0. The summed E-state index contributed by atoms with van der Waals surface area (Å²) in [4.78, 5) is 10.2. The number of hydrogen-bond donors (Lipinski definition) is 0. The molecule has 1 aromatic rings. The van der Waals surface area contributed by atoms with E-state index in [1.165, 1.54) is 42.8 Å². The van der Waals surface area contributed by atoms with E-state index in [1.54, 1.807) is 12.1 Å². The third-order valence-corrected chi connectivity index (χ3v) is 3.97. The van der Waals surface area contributed by atoms with Crippen molar-refractivity contribution >= 4 is 5.97 Å². The van der Waals surface area contributed by atoms with Gasteiger partial charge >= 0.3 is 0 Å². The summed E-state index contributed by atoms with van der Waals surface area (Å²) < 4.78 is 1.28. The van der Waals surface area contributed by atoms with Crippen molar-refractivity contribution in [3.05, 3.63) is 35.4 Å². The first-order valence-corrected chi connectivity index (χ1v) is 7.07. The molecule has 3 heteroatoms. The largest absolute Gasteiger partial charge is 0.545 e. The van der Waals surface area contributed by atoms with Crippen molar-refractivity contribution in [3.8, 4) is 0 Å². The van der Waals surface area contributed by atoms with Crippen LogP contribution in [0.15, 0.2) is 24.3 Å². The zero-order valence-electron chi connectivity index (χ0n) is 12.9. The van der Waals surface area contributed by atoms with Gasteiger partial charge in [-0.25, -0.2) is 0 Å². The lowest BCUT2D eigenvalue weighted by Crippen LogP contribution is -2.47. The number of carbonyl (C=O) groups is 1. The number of carbonyl (C=O) groups excluding carboxylic acids is 1. The van der Waals surface area contributed by atoms with E-state index in [9.17, 15) is 9.90 Å². The summed E-state index contributed by atoms with van der Waals surface area (Å²) in [6, 6.07) is 6.55. The Balaban J connectivity index is 0.000000344. The molecule has 0 aliphatic heterocycles. The second-order valence-corrected chi connectivity index (χ2v) is 4.76. The van der Waals surface area contributed by atoms with Crippen molar-refractivity contribution < 1.29 is 14.4 Å². The minimum absolute atomic E-state index is 0.227. The predicted octanol–water partition coefficient (Wildman–Crippen LogP) is 2.24. The highest BCUT2D eigenvalue weighted by Gasteiger charge is 2.16. The van der Waals surface area contributed by atoms with E-state index in [0.29, 0.717) is 0 Å². The summed E-state index contributed by atoms with van der Waals surface area (Å²) in [6.45, 7) is 16.1. The van der Waals surface area contributed by atoms with Crippen LogP contribution in [0.3, 0.4) is 0 Å². The third kappa shape index (κ3) is 5.88. The number of rotatable bonds is 5. The van der Waals surface area contributed by atoms with E-state index < -0.39 is 5.97 Å². The molecule has 19 heavy (non-hydrogen) atoms. The molecule has 0 fully saturated rings. The monoisotopic (exact) mass is 265 g/mol. The molecule has 0 saturated carbocycles. The molecule has 0 aliphatic carbocycles. The lowest BCUT2D eigenvalue weighted by atomic mass is 10.2. The Kier molecular flexibility index (Phi) is 8.08. The fourth-order valence-corrected chi connectivity index (χ4v) is 2.03. The van der Waals surface area contributed by atoms with Gasteiger partial charge in [-0.05, 0) is 40.2 Å². The lowest BCUT2D eigenvalue weighted by Gasteiger charge is -2.34. The maximum absolute atomic E-state index is 10.2. The number of quaternary nitrogens is 1. The number of nitrogens with zero attached hydrogens (tertiary/aromatic N) is 1. The summed E-state index contributed by atoms with van der Waals surface area (Å²) in [5.41, 5.74) is 1.27. The normalized spacial score (nSPS) is 10.6. The van der Waals surface area contributed by atoms with Gasteiger partial charge < -0.3 is 14.4 Å². The Bertz CT molecular complexity index is 349. The van der Waals surface area contributed by atoms with Crippen molar-refractivity contribution in [2.45, 2.75) is 34.6 Å². The fourth-order valence-electron chi connectivity index (χ4n) is 2.03. The summed E-state index contributed by atoms with van der Waals surface area (Å²) in [5.74, 6) is -1.12. The van der Waals surface area contributed by atoms with Crippen LogP contribution in [0, 0.1) is 6.92 Å². The van der Waals surface area contributed by atoms with Crippen LogP contribution in [-0.4, -0.2) is 36.6 Å². The van der Waals surface area contributed by atoms with Crippen molar-refractivity contribution in [2.75, 3.05) is 26.2 Å². The highest BCUT2D eigenvalue weighted by atomic mass is 16.4. The van der Waals surface area contributed by atoms with Crippen LogP contribution in [0.2, 0.25) is 0 Å². The van der Waals surface area contributed by atoms with E-state index in [0.717, 1.165) is 5.56 Å². The van der Waals surface area contributed by atoms with E-state index in [1.807, 2.05) is 6.92 Å². The van der Waals surface area contributed by atoms with Gasteiger partial charge in [-0.3, -0.25) is 0 Å². The maximum Gasteiger partial charge on any atom is 0.0757 e. The van der Waals surface area contributed by atoms with Gasteiger partial charge in [-0.2, -0.15) is 0 Å². The number of aromatic carboxylic acids is 1. The van der Waals surface area contributed by atoms with Crippen molar-refractivity contribution in [1.82, 2.24) is 0 Å². The van der Waals surface area contributed by atoms with Crippen LogP contribution >= 0.6 is 0 Å². The molecule has 0 aromatic heterocycles. The van der Waals surface area contributed by atoms with Crippen LogP contribution in [0.25, 0.3) is 0 Å². The Morgan fingerprint density at radius 2 is 1.32 bits per heavy atom. The van der Waals surface area contributed by atoms with Crippen LogP contribution < -0.4 is 5.11 Å². The highest BCUT2D eigenvalue weighted by molar-refractivity contribution is 5.85. The second kappa shape index (κ2) is 8.70. The first kappa shape index (κ1) is 17.6. The van der Waals surface area contributed by atoms with E-state index in [2.05, 4.69) is 27.7 Å². The Labute approximate surface area is 117 Å². The van der Waals surface area contributed by atoms with Gasteiger partial charge in [0.15, 0.2) is 0 Å². The molecule has 1 aromatic carbocycles. The average Bonchev–Trinajstić information content (AvgIpc) is 2.43. The highest BCUT2D eigenvalue weighted by Crippen LogP contribution is 2.03. The number of benzene rings is 1. The van der Waals surface area contributed by atoms with Crippen LogP contribution in [0.1, 0.15) is 43.6 Å². The number of carboxylic acid groups (broad SMARTS) is 1. The number of hydrogen-bond acceptors (Lipinski definition) is 2. The van der Waals surface area contributed by atoms with Gasteiger partial charge in [-0.15, -0.1) is 0 Å². The zero-order valence-corrected chi connectivity index (χ0v) is 12.9. The molecule has 0 spiro atoms. The minimum atomic E-state index is -1.12. The molecule has 3 nitrogen and oxygen atoms in total. The van der Waals surface area contributed by atoms with Gasteiger partial charge in [0.25, 0.3) is 0 Å². The molecule has 0 aliphatic rings. The Morgan fingerprint density at radius 1 is 0.947 bits per heavy atom. The van der Waals surface area contributed by atoms with Crippen molar-refractivity contribution in [2.24, 2.45) is 0 Å². The lowest BCUT2D eigenvalue weighted by molar-refractivity contribution is -0.921. The quantitative estimate of drug-likeness (QED) is 0.766. The molecular weight excluding hydrogens is 238 g/mol. The van der Waals surface area contributed by atoms with Crippen LogP contribution in [0.5, 0.6) is 0 Å². The van der Waals surface area contributed by atoms with Gasteiger partial charge in [0.05, 0.1) is 32.1 Å². The Hall–Kier alpha value is -1.35. The molecule has 0 radical (unpaired) electrons. The van der Waals surface area contributed by atoms with E-state index in [-0.39, 0.29) is 5.56 Å². The van der Waals surface area contributed by atoms with Crippen LogP contribution in [-0.2, 0) is 0 Å². The number of aryl methyl sites for hydroxylation is 1. The third-order valence-electron chi connectivity index (χ3n) is 3.97. The molecule has 1 rings (SSSR count). The average molecular weight is 265 g/mol. The van der Waals surface area contributed by atoms with Gasteiger partial charge in [0.1, 0.15) is 0 Å². The summed E-state index contributed by atoms with van der Waals surface area (Å²) in [6.07, 6.45) is 0. The fraction of sp³-hybridized carbons (Fsp3) is 0.562. The van der Waals surface area contributed by atoms with Gasteiger partial charge in [0, 0.05) is 0 Å². The van der Waals surface area contributed by atoms with Crippen LogP contribution in [0.4, 0.5) is 0 Å². The van der Waals surface area contributed by atoms with Crippen molar-refractivity contribution in [1.29, 1.82) is 0 Å². The predicted molar refractivity (Wildman–Crippen MR) is 77.9 cm³/mol. The molecule has 0 saturated heterocycles. The minimum Gasteiger partial charge on any atom is -0.545 e. The SMILES string of the molecule is CC[N+](CC)(CC)CC.Cc1ccc(C(=O)[O-])cc1. The molecule has 0 atom stereocenters. The number of carboxylic acids is 1. The molecule has 0 N–H and O–H groups in total. The maximum atomic E-state index is 10.2. The van der Waals surface area contributed by atoms with Crippen molar-refractivity contribution in [3.63, 3.8) is 0 Å². The first-order valence-electron chi connectivity index (χ1n) is 7.07. The zero-order chi connectivity index (χ0) is 14.9. The molecular formula is C16H27NO2. The molecule has 0 heterocycles. The smallest absolute Gasteiger partial charge is 0.0757 e.